The van der Waals surface area contributed by atoms with Crippen molar-refractivity contribution in [3.05, 3.63) is 58.6 Å². The molecule has 1 aliphatic heterocycles. The van der Waals surface area contributed by atoms with Gasteiger partial charge < -0.3 is 10.2 Å². The molecule has 1 amide bonds. The normalized spacial score (nSPS) is 16.1. The number of rotatable bonds is 5. The second-order valence-electron chi connectivity index (χ2n) is 7.10. The number of benzene rings is 2. The number of hydrogen-bond acceptors (Lipinski definition) is 3. The first-order chi connectivity index (χ1) is 13.3. The Hall–Kier alpha value is -1.93. The predicted octanol–water partition coefficient (Wildman–Crippen LogP) is 1.48. The summed E-state index contributed by atoms with van der Waals surface area (Å²) < 4.78 is 27.3. The first-order valence-electron chi connectivity index (χ1n) is 9.23. The van der Waals surface area contributed by atoms with Crippen molar-refractivity contribution in [1.29, 1.82) is 0 Å². The van der Waals surface area contributed by atoms with Gasteiger partial charge in [-0.25, -0.2) is 8.42 Å². The van der Waals surface area contributed by atoms with E-state index in [0.717, 1.165) is 16.0 Å². The van der Waals surface area contributed by atoms with E-state index in [4.69, 9.17) is 11.6 Å². The van der Waals surface area contributed by atoms with Crippen molar-refractivity contribution in [3.63, 3.8) is 0 Å². The molecule has 28 heavy (non-hydrogen) atoms. The van der Waals surface area contributed by atoms with Crippen molar-refractivity contribution >= 4 is 33.2 Å². The van der Waals surface area contributed by atoms with E-state index in [9.17, 15) is 13.2 Å². The number of nitrogens with zero attached hydrogens (tertiary/aromatic N) is 1. The van der Waals surface area contributed by atoms with E-state index in [2.05, 4.69) is 5.32 Å². The van der Waals surface area contributed by atoms with E-state index in [1.807, 2.05) is 26.0 Å². The summed E-state index contributed by atoms with van der Waals surface area (Å²) in [4.78, 5) is 13.7. The van der Waals surface area contributed by atoms with Gasteiger partial charge in [-0.2, -0.15) is 4.31 Å². The summed E-state index contributed by atoms with van der Waals surface area (Å²) in [5.74, 6) is -0.131. The number of quaternary nitrogens is 1. The van der Waals surface area contributed by atoms with Crippen LogP contribution in [0.4, 0.5) is 5.69 Å². The zero-order chi connectivity index (χ0) is 20.3. The SMILES string of the molecule is Cc1ccc(S(=O)(=O)N2CC[NH+](CC(=O)Nc3ccccc3Cl)CC2)cc1C. The van der Waals surface area contributed by atoms with E-state index < -0.39 is 10.0 Å². The number of carbonyl (C=O) groups excluding carboxylic acids is 1. The van der Waals surface area contributed by atoms with Crippen molar-refractivity contribution in [3.8, 4) is 0 Å². The molecule has 3 rings (SSSR count). The Morgan fingerprint density at radius 1 is 1.11 bits per heavy atom. The maximum atomic E-state index is 12.9. The highest BCUT2D eigenvalue weighted by atomic mass is 35.5. The van der Waals surface area contributed by atoms with Gasteiger partial charge in [-0.15, -0.1) is 0 Å². The summed E-state index contributed by atoms with van der Waals surface area (Å²) in [5, 5.41) is 3.31. The van der Waals surface area contributed by atoms with Crippen molar-refractivity contribution in [2.24, 2.45) is 0 Å². The molecule has 8 heteroatoms. The Bertz CT molecular complexity index is 970. The average molecular weight is 423 g/mol. The minimum absolute atomic E-state index is 0.131. The molecule has 0 spiro atoms. The zero-order valence-electron chi connectivity index (χ0n) is 16.0. The molecular formula is C20H25ClN3O3S+. The number of sulfonamides is 1. The van der Waals surface area contributed by atoms with Crippen LogP contribution in [0.1, 0.15) is 11.1 Å². The van der Waals surface area contributed by atoms with E-state index in [0.29, 0.717) is 41.8 Å². The lowest BCUT2D eigenvalue weighted by atomic mass is 10.1. The molecule has 0 aliphatic carbocycles. The third-order valence-electron chi connectivity index (χ3n) is 5.10. The largest absolute Gasteiger partial charge is 0.325 e. The maximum absolute atomic E-state index is 12.9. The second-order valence-corrected chi connectivity index (χ2v) is 9.45. The van der Waals surface area contributed by atoms with Gasteiger partial charge in [0.25, 0.3) is 5.91 Å². The summed E-state index contributed by atoms with van der Waals surface area (Å²) in [6.07, 6.45) is 0. The van der Waals surface area contributed by atoms with Crippen LogP contribution in [0.25, 0.3) is 0 Å². The fraction of sp³-hybridized carbons (Fsp3) is 0.350. The molecule has 0 bridgehead atoms. The fourth-order valence-corrected chi connectivity index (χ4v) is 4.94. The van der Waals surface area contributed by atoms with Gasteiger partial charge in [-0.1, -0.05) is 29.8 Å². The number of carbonyl (C=O) groups is 1. The second kappa shape index (κ2) is 8.61. The van der Waals surface area contributed by atoms with Crippen LogP contribution in [-0.4, -0.2) is 51.4 Å². The lowest BCUT2D eigenvalue weighted by molar-refractivity contribution is -0.895. The van der Waals surface area contributed by atoms with Gasteiger partial charge in [0, 0.05) is 0 Å². The number of piperazine rings is 1. The molecule has 1 saturated heterocycles. The Morgan fingerprint density at radius 2 is 1.79 bits per heavy atom. The van der Waals surface area contributed by atoms with Gasteiger partial charge in [0.05, 0.1) is 41.8 Å². The highest BCUT2D eigenvalue weighted by molar-refractivity contribution is 7.89. The molecule has 0 radical (unpaired) electrons. The topological polar surface area (TPSA) is 70.9 Å². The average Bonchev–Trinajstić information content (AvgIpc) is 2.66. The van der Waals surface area contributed by atoms with Crippen molar-refractivity contribution in [1.82, 2.24) is 4.31 Å². The van der Waals surface area contributed by atoms with E-state index in [1.165, 1.54) is 4.31 Å². The molecule has 0 saturated carbocycles. The number of aryl methyl sites for hydroxylation is 2. The summed E-state index contributed by atoms with van der Waals surface area (Å²) in [6, 6.07) is 12.3. The van der Waals surface area contributed by atoms with E-state index >= 15 is 0 Å². The van der Waals surface area contributed by atoms with E-state index in [-0.39, 0.29) is 12.5 Å². The van der Waals surface area contributed by atoms with Crippen LogP contribution in [0.15, 0.2) is 47.4 Å². The van der Waals surface area contributed by atoms with Crippen LogP contribution >= 0.6 is 11.6 Å². The predicted molar refractivity (Wildman–Crippen MR) is 110 cm³/mol. The molecular weight excluding hydrogens is 398 g/mol. The van der Waals surface area contributed by atoms with Gasteiger partial charge >= 0.3 is 0 Å². The maximum Gasteiger partial charge on any atom is 0.279 e. The Morgan fingerprint density at radius 3 is 2.43 bits per heavy atom. The van der Waals surface area contributed by atoms with Crippen LogP contribution in [0.5, 0.6) is 0 Å². The van der Waals surface area contributed by atoms with E-state index in [1.54, 1.807) is 30.3 Å². The number of halogens is 1. The smallest absolute Gasteiger partial charge is 0.279 e. The Kier molecular flexibility index (Phi) is 6.40. The molecule has 1 aliphatic rings. The van der Waals surface area contributed by atoms with Gasteiger partial charge in [-0.05, 0) is 49.2 Å². The minimum atomic E-state index is -3.51. The van der Waals surface area contributed by atoms with Crippen LogP contribution in [0.2, 0.25) is 5.02 Å². The molecule has 6 nitrogen and oxygen atoms in total. The van der Waals surface area contributed by atoms with Gasteiger partial charge in [0.2, 0.25) is 10.0 Å². The molecule has 1 heterocycles. The summed E-state index contributed by atoms with van der Waals surface area (Å²) >= 11 is 6.06. The molecule has 0 aromatic heterocycles. The third kappa shape index (κ3) is 4.72. The number of nitrogens with one attached hydrogen (secondary N) is 2. The molecule has 2 aromatic rings. The minimum Gasteiger partial charge on any atom is -0.325 e. The lowest BCUT2D eigenvalue weighted by Crippen LogP contribution is -3.15. The monoisotopic (exact) mass is 422 g/mol. The third-order valence-corrected chi connectivity index (χ3v) is 7.33. The van der Waals surface area contributed by atoms with Gasteiger partial charge in [0.1, 0.15) is 0 Å². The Labute approximate surface area is 171 Å². The van der Waals surface area contributed by atoms with Crippen molar-refractivity contribution < 1.29 is 18.1 Å². The van der Waals surface area contributed by atoms with Crippen LogP contribution in [-0.2, 0) is 14.8 Å². The van der Waals surface area contributed by atoms with Crippen molar-refractivity contribution in [2.75, 3.05) is 38.0 Å². The summed E-state index contributed by atoms with van der Waals surface area (Å²) in [5.41, 5.74) is 2.61. The van der Waals surface area contributed by atoms with Gasteiger partial charge in [-0.3, -0.25) is 4.79 Å². The lowest BCUT2D eigenvalue weighted by Gasteiger charge is -2.31. The molecule has 1 fully saturated rings. The number of anilines is 1. The molecule has 150 valence electrons. The number of amides is 1. The standard InChI is InChI=1S/C20H24ClN3O3S/c1-15-7-8-17(13-16(15)2)28(26,27)24-11-9-23(10-12-24)14-20(25)22-19-6-4-3-5-18(19)21/h3-8,13H,9-12,14H2,1-2H3,(H,22,25)/p+1. The van der Waals surface area contributed by atoms with Crippen LogP contribution < -0.4 is 10.2 Å². The summed E-state index contributed by atoms with van der Waals surface area (Å²) in [6.45, 7) is 6.10. The molecule has 0 atom stereocenters. The molecule has 2 N–H and O–H groups in total. The summed E-state index contributed by atoms with van der Waals surface area (Å²) in [7, 11) is -3.51. The number of hydrogen-bond donors (Lipinski definition) is 2. The first kappa shape index (κ1) is 20.8. The fourth-order valence-electron chi connectivity index (χ4n) is 3.23. The van der Waals surface area contributed by atoms with Crippen LogP contribution in [0.3, 0.4) is 0 Å². The zero-order valence-corrected chi connectivity index (χ0v) is 17.6. The van der Waals surface area contributed by atoms with Gasteiger partial charge in [0.15, 0.2) is 6.54 Å². The highest BCUT2D eigenvalue weighted by Crippen LogP contribution is 2.20. The highest BCUT2D eigenvalue weighted by Gasteiger charge is 2.31. The number of para-hydroxylation sites is 1. The quantitative estimate of drug-likeness (QED) is 0.766. The molecule has 2 aromatic carbocycles. The Balaban J connectivity index is 1.57. The molecule has 0 unspecified atom stereocenters. The first-order valence-corrected chi connectivity index (χ1v) is 11.0. The van der Waals surface area contributed by atoms with Crippen LogP contribution in [0, 0.1) is 13.8 Å². The van der Waals surface area contributed by atoms with Crippen molar-refractivity contribution in [2.45, 2.75) is 18.7 Å².